The van der Waals surface area contributed by atoms with Crippen LogP contribution in [0.25, 0.3) is 0 Å². The van der Waals surface area contributed by atoms with Gasteiger partial charge in [0.05, 0.1) is 34.4 Å². The fourth-order valence-electron chi connectivity index (χ4n) is 9.95. The standard InChI is InChI=1S/C66H127NO8/c1-6-8-10-12-14-16-18-20-22-23-24-25-26-27-28-29-30-31-32-33-34-35-36-37-38-39-40-41-42-43-45-46-48-50-52-54-56-63(68)73-60-62(61-74-66(65(70)71)72-59-58-67(3,4)5)75-64(69)57-55-53-51-49-47-44-21-19-17-15-13-11-9-7-2/h19,21,62,66H,6-18,20,22-61H2,1-5H3/p+1/b21-19-. The minimum Gasteiger partial charge on any atom is -0.477 e. The zero-order valence-corrected chi connectivity index (χ0v) is 50.7. The third kappa shape index (κ3) is 59.5. The van der Waals surface area contributed by atoms with E-state index in [1.807, 2.05) is 21.1 Å². The van der Waals surface area contributed by atoms with Crippen molar-refractivity contribution in [2.45, 2.75) is 347 Å². The number of carboxylic acids is 1. The Morgan fingerprint density at radius 1 is 0.387 bits per heavy atom. The molecule has 444 valence electrons. The Kier molecular flexibility index (Phi) is 56.7. The molecule has 0 fully saturated rings. The molecule has 0 heterocycles. The lowest BCUT2D eigenvalue weighted by atomic mass is 10.0. The number of hydrogen-bond acceptors (Lipinski definition) is 7. The SMILES string of the molecule is CCCCCCC/C=C\CCCCCCCC(=O)OC(COC(=O)CCCCCCCCCCCCCCCCCCCCCCCCCCCCCCCCCCCCCC)COC(OCC[N+](C)(C)C)C(=O)O. The minimum absolute atomic E-state index is 0.179. The normalized spacial score (nSPS) is 12.7. The Morgan fingerprint density at radius 3 is 0.987 bits per heavy atom. The second kappa shape index (κ2) is 58.2. The lowest BCUT2D eigenvalue weighted by molar-refractivity contribution is -0.870. The third-order valence-electron chi connectivity index (χ3n) is 15.0. The summed E-state index contributed by atoms with van der Waals surface area (Å²) in [5, 5.41) is 9.70. The van der Waals surface area contributed by atoms with Crippen LogP contribution in [0.15, 0.2) is 12.2 Å². The molecule has 1 N–H and O–H groups in total. The number of ether oxygens (including phenoxy) is 4. The summed E-state index contributed by atoms with van der Waals surface area (Å²) in [6, 6.07) is 0. The molecule has 0 aliphatic carbocycles. The van der Waals surface area contributed by atoms with Gasteiger partial charge in [-0.15, -0.1) is 0 Å². The van der Waals surface area contributed by atoms with Crippen LogP contribution >= 0.6 is 0 Å². The van der Waals surface area contributed by atoms with Crippen LogP contribution in [0.5, 0.6) is 0 Å². The molecular weight excluding hydrogens is 935 g/mol. The van der Waals surface area contributed by atoms with Gasteiger partial charge in [0.15, 0.2) is 6.10 Å². The highest BCUT2D eigenvalue weighted by Gasteiger charge is 2.25. The molecule has 0 aromatic carbocycles. The summed E-state index contributed by atoms with van der Waals surface area (Å²) in [4.78, 5) is 37.4. The van der Waals surface area contributed by atoms with E-state index in [4.69, 9.17) is 18.9 Å². The summed E-state index contributed by atoms with van der Waals surface area (Å²) in [7, 11) is 5.98. The average molecular weight is 1060 g/mol. The van der Waals surface area contributed by atoms with Gasteiger partial charge in [0.25, 0.3) is 6.29 Å². The van der Waals surface area contributed by atoms with Crippen LogP contribution in [0.4, 0.5) is 0 Å². The van der Waals surface area contributed by atoms with Crippen LogP contribution in [-0.4, -0.2) is 87.4 Å². The van der Waals surface area contributed by atoms with Gasteiger partial charge < -0.3 is 28.5 Å². The summed E-state index contributed by atoms with van der Waals surface area (Å²) >= 11 is 0. The van der Waals surface area contributed by atoms with Crippen molar-refractivity contribution in [1.29, 1.82) is 0 Å². The van der Waals surface area contributed by atoms with Crippen molar-refractivity contribution in [2.24, 2.45) is 0 Å². The van der Waals surface area contributed by atoms with Gasteiger partial charge in [0.2, 0.25) is 0 Å². The molecule has 0 aromatic heterocycles. The van der Waals surface area contributed by atoms with Crippen molar-refractivity contribution < 1.29 is 42.9 Å². The largest absolute Gasteiger partial charge is 0.477 e. The van der Waals surface area contributed by atoms with Crippen LogP contribution < -0.4 is 0 Å². The molecule has 2 atom stereocenters. The number of likely N-dealkylation sites (N-methyl/N-ethyl adjacent to an activating group) is 1. The van der Waals surface area contributed by atoms with Crippen molar-refractivity contribution in [3.8, 4) is 0 Å². The van der Waals surface area contributed by atoms with Gasteiger partial charge in [0.1, 0.15) is 13.2 Å². The van der Waals surface area contributed by atoms with Crippen LogP contribution in [-0.2, 0) is 33.3 Å². The number of unbranched alkanes of at least 4 members (excludes halogenated alkanes) is 45. The topological polar surface area (TPSA) is 108 Å². The van der Waals surface area contributed by atoms with Crippen molar-refractivity contribution in [3.05, 3.63) is 12.2 Å². The Bertz CT molecular complexity index is 1240. The molecular formula is C66H128NO8+. The van der Waals surface area contributed by atoms with Gasteiger partial charge in [-0.2, -0.15) is 0 Å². The van der Waals surface area contributed by atoms with E-state index in [1.54, 1.807) is 0 Å². The summed E-state index contributed by atoms with van der Waals surface area (Å²) in [6.07, 6.45) is 66.3. The number of allylic oxidation sites excluding steroid dienone is 2. The summed E-state index contributed by atoms with van der Waals surface area (Å²) < 4.78 is 22.9. The summed E-state index contributed by atoms with van der Waals surface area (Å²) in [5.74, 6) is -1.99. The first kappa shape index (κ1) is 73.0. The van der Waals surface area contributed by atoms with E-state index in [9.17, 15) is 19.5 Å². The zero-order chi connectivity index (χ0) is 54.8. The molecule has 0 amide bonds. The van der Waals surface area contributed by atoms with Gasteiger partial charge >= 0.3 is 17.9 Å². The van der Waals surface area contributed by atoms with Crippen LogP contribution in [0.3, 0.4) is 0 Å². The molecule has 0 rings (SSSR count). The maximum absolute atomic E-state index is 12.8. The van der Waals surface area contributed by atoms with Gasteiger partial charge in [-0.1, -0.05) is 296 Å². The minimum atomic E-state index is -1.51. The first-order valence-electron chi connectivity index (χ1n) is 32.9. The number of rotatable bonds is 62. The quantitative estimate of drug-likeness (QED) is 0.0211. The first-order chi connectivity index (χ1) is 36.6. The molecule has 0 bridgehead atoms. The highest BCUT2D eigenvalue weighted by atomic mass is 16.7. The molecule has 0 saturated heterocycles. The number of nitrogens with zero attached hydrogens (tertiary/aromatic N) is 1. The van der Waals surface area contributed by atoms with Crippen LogP contribution in [0, 0.1) is 0 Å². The van der Waals surface area contributed by atoms with E-state index >= 15 is 0 Å². The van der Waals surface area contributed by atoms with Crippen molar-refractivity contribution in [3.63, 3.8) is 0 Å². The molecule has 2 unspecified atom stereocenters. The Morgan fingerprint density at radius 2 is 0.680 bits per heavy atom. The highest BCUT2D eigenvalue weighted by Crippen LogP contribution is 2.19. The van der Waals surface area contributed by atoms with Crippen LogP contribution in [0.2, 0.25) is 0 Å². The summed E-state index contributed by atoms with van der Waals surface area (Å²) in [6.45, 7) is 4.91. The number of carboxylic acid groups (broad SMARTS) is 1. The smallest absolute Gasteiger partial charge is 0.361 e. The molecule has 9 heteroatoms. The van der Waals surface area contributed by atoms with E-state index in [-0.39, 0.29) is 32.2 Å². The Balaban J connectivity index is 3.92. The predicted molar refractivity (Wildman–Crippen MR) is 318 cm³/mol. The van der Waals surface area contributed by atoms with Crippen molar-refractivity contribution in [1.82, 2.24) is 0 Å². The fourth-order valence-corrected chi connectivity index (χ4v) is 9.95. The number of aliphatic carboxylic acids is 1. The van der Waals surface area contributed by atoms with E-state index in [0.29, 0.717) is 23.9 Å². The van der Waals surface area contributed by atoms with Crippen molar-refractivity contribution >= 4 is 17.9 Å². The molecule has 0 spiro atoms. The zero-order valence-electron chi connectivity index (χ0n) is 50.7. The van der Waals surface area contributed by atoms with E-state index < -0.39 is 24.3 Å². The molecule has 75 heavy (non-hydrogen) atoms. The molecule has 9 nitrogen and oxygen atoms in total. The maximum atomic E-state index is 12.8. The summed E-state index contributed by atoms with van der Waals surface area (Å²) in [5.41, 5.74) is 0. The maximum Gasteiger partial charge on any atom is 0.361 e. The van der Waals surface area contributed by atoms with Crippen molar-refractivity contribution in [2.75, 3.05) is 47.5 Å². The third-order valence-corrected chi connectivity index (χ3v) is 15.0. The van der Waals surface area contributed by atoms with E-state index in [2.05, 4.69) is 26.0 Å². The molecule has 0 saturated carbocycles. The number of carbonyl (C=O) groups is 3. The van der Waals surface area contributed by atoms with E-state index in [1.165, 1.54) is 250 Å². The highest BCUT2D eigenvalue weighted by molar-refractivity contribution is 5.71. The second-order valence-corrected chi connectivity index (χ2v) is 23.8. The second-order valence-electron chi connectivity index (χ2n) is 23.8. The van der Waals surface area contributed by atoms with E-state index in [0.717, 1.165) is 51.4 Å². The molecule has 0 aliphatic rings. The Hall–Kier alpha value is -1.97. The number of carbonyl (C=O) groups excluding carboxylic acids is 2. The molecule has 0 aromatic rings. The lowest BCUT2D eigenvalue weighted by Gasteiger charge is -2.25. The number of quaternary nitrogens is 1. The number of hydrogen-bond donors (Lipinski definition) is 1. The number of esters is 2. The van der Waals surface area contributed by atoms with Crippen LogP contribution in [0.1, 0.15) is 335 Å². The van der Waals surface area contributed by atoms with Gasteiger partial charge in [-0.25, -0.2) is 4.79 Å². The van der Waals surface area contributed by atoms with Gasteiger partial charge in [-0.05, 0) is 38.5 Å². The Labute approximate surface area is 465 Å². The van der Waals surface area contributed by atoms with Gasteiger partial charge in [0, 0.05) is 12.8 Å². The lowest BCUT2D eigenvalue weighted by Crippen LogP contribution is -2.40. The predicted octanol–water partition coefficient (Wildman–Crippen LogP) is 19.7. The fraction of sp³-hybridized carbons (Fsp3) is 0.924. The van der Waals surface area contributed by atoms with Gasteiger partial charge in [-0.3, -0.25) is 9.59 Å². The molecule has 0 radical (unpaired) electrons. The average Bonchev–Trinajstić information content (AvgIpc) is 3.38. The molecule has 0 aliphatic heterocycles. The monoisotopic (exact) mass is 1060 g/mol. The first-order valence-corrected chi connectivity index (χ1v) is 32.9.